The Morgan fingerprint density at radius 3 is 2.74 bits per heavy atom. The number of amides is 1. The van der Waals surface area contributed by atoms with Crippen LogP contribution < -0.4 is 5.43 Å². The molecule has 126 valence electrons. The van der Waals surface area contributed by atoms with Gasteiger partial charge in [-0.25, -0.2) is 0 Å². The SMILES string of the molecule is CC1=C(C)N2C(C3(C)CC3)=NNC2C(=O)N1C[C@H]1CCCCO1. The average molecular weight is 318 g/mol. The van der Waals surface area contributed by atoms with Gasteiger partial charge in [0.2, 0.25) is 6.17 Å². The second kappa shape index (κ2) is 5.23. The molecular weight excluding hydrogens is 292 g/mol. The van der Waals surface area contributed by atoms with Gasteiger partial charge in [0.25, 0.3) is 5.91 Å². The highest BCUT2D eigenvalue weighted by molar-refractivity contribution is 5.99. The largest absolute Gasteiger partial charge is 0.376 e. The van der Waals surface area contributed by atoms with Crippen LogP contribution in [0.3, 0.4) is 0 Å². The summed E-state index contributed by atoms with van der Waals surface area (Å²) in [6, 6.07) is 0. The minimum absolute atomic E-state index is 0.0882. The minimum atomic E-state index is -0.380. The molecule has 3 heterocycles. The van der Waals surface area contributed by atoms with Crippen LogP contribution in [0.1, 0.15) is 52.9 Å². The van der Waals surface area contributed by atoms with Crippen molar-refractivity contribution in [1.82, 2.24) is 15.2 Å². The van der Waals surface area contributed by atoms with Gasteiger partial charge < -0.3 is 9.64 Å². The number of hydrogen-bond donors (Lipinski definition) is 1. The highest BCUT2D eigenvalue weighted by Gasteiger charge is 2.53. The van der Waals surface area contributed by atoms with Gasteiger partial charge in [-0.3, -0.25) is 15.1 Å². The van der Waals surface area contributed by atoms with Gasteiger partial charge in [0.15, 0.2) is 0 Å². The zero-order chi connectivity index (χ0) is 16.2. The fraction of sp³-hybridized carbons (Fsp3) is 0.765. The Balaban J connectivity index is 1.58. The Bertz CT molecular complexity index is 587. The molecule has 0 aromatic heterocycles. The van der Waals surface area contributed by atoms with E-state index in [1.54, 1.807) is 0 Å². The summed E-state index contributed by atoms with van der Waals surface area (Å²) in [5, 5.41) is 4.51. The summed E-state index contributed by atoms with van der Waals surface area (Å²) in [5.41, 5.74) is 5.36. The third kappa shape index (κ3) is 2.35. The van der Waals surface area contributed by atoms with Crippen molar-refractivity contribution in [2.45, 2.75) is 65.1 Å². The number of allylic oxidation sites excluding steroid dienone is 2. The molecule has 4 aliphatic rings. The van der Waals surface area contributed by atoms with E-state index in [4.69, 9.17) is 4.74 Å². The average Bonchev–Trinajstić information content (AvgIpc) is 3.13. The van der Waals surface area contributed by atoms with Gasteiger partial charge in [-0.1, -0.05) is 6.92 Å². The van der Waals surface area contributed by atoms with Gasteiger partial charge in [0, 0.05) is 23.4 Å². The Morgan fingerprint density at radius 2 is 2.09 bits per heavy atom. The van der Waals surface area contributed by atoms with Gasteiger partial charge in [-0.15, -0.1) is 0 Å². The molecule has 1 amide bonds. The van der Waals surface area contributed by atoms with E-state index in [2.05, 4.69) is 29.3 Å². The maximum atomic E-state index is 13.0. The number of amidine groups is 1. The summed E-state index contributed by atoms with van der Waals surface area (Å²) in [7, 11) is 0. The molecule has 6 nitrogen and oxygen atoms in total. The van der Waals surface area contributed by atoms with Crippen molar-refractivity contribution in [3.8, 4) is 0 Å². The third-order valence-corrected chi connectivity index (χ3v) is 5.77. The summed E-state index contributed by atoms with van der Waals surface area (Å²) in [4.78, 5) is 17.0. The van der Waals surface area contributed by atoms with Crippen molar-refractivity contribution in [2.75, 3.05) is 13.2 Å². The molecular formula is C17H26N4O2. The van der Waals surface area contributed by atoms with Crippen molar-refractivity contribution in [1.29, 1.82) is 0 Å². The Morgan fingerprint density at radius 1 is 1.30 bits per heavy atom. The zero-order valence-electron chi connectivity index (χ0n) is 14.3. The predicted octanol–water partition coefficient (Wildman–Crippen LogP) is 1.99. The van der Waals surface area contributed by atoms with Gasteiger partial charge in [-0.2, -0.15) is 5.10 Å². The molecule has 3 aliphatic heterocycles. The van der Waals surface area contributed by atoms with E-state index in [0.29, 0.717) is 6.54 Å². The summed E-state index contributed by atoms with van der Waals surface area (Å²) in [6.07, 6.45) is 5.44. The van der Waals surface area contributed by atoms with Crippen LogP contribution in [0.15, 0.2) is 16.5 Å². The van der Waals surface area contributed by atoms with Crippen molar-refractivity contribution >= 4 is 11.7 Å². The number of nitrogens with zero attached hydrogens (tertiary/aromatic N) is 3. The molecule has 0 radical (unpaired) electrons. The Labute approximate surface area is 137 Å². The Kier molecular flexibility index (Phi) is 3.41. The second-order valence-corrected chi connectivity index (χ2v) is 7.51. The van der Waals surface area contributed by atoms with E-state index < -0.39 is 0 Å². The van der Waals surface area contributed by atoms with Gasteiger partial charge in [0.1, 0.15) is 5.84 Å². The standard InChI is InChI=1S/C17H26N4O2/c1-11-12(2)21-14(18-19-16(21)17(3)7-8-17)15(22)20(11)10-13-6-4-5-9-23-13/h13-14,18H,4-10H2,1-3H3/t13-,14?/m1/s1. The summed E-state index contributed by atoms with van der Waals surface area (Å²) >= 11 is 0. The maximum absolute atomic E-state index is 13.0. The topological polar surface area (TPSA) is 57.2 Å². The van der Waals surface area contributed by atoms with Crippen LogP contribution in [0.4, 0.5) is 0 Å². The number of hydrogen-bond acceptors (Lipinski definition) is 5. The number of rotatable bonds is 3. The van der Waals surface area contributed by atoms with E-state index in [1.807, 2.05) is 11.8 Å². The van der Waals surface area contributed by atoms with Crippen molar-refractivity contribution in [3.05, 3.63) is 11.4 Å². The fourth-order valence-corrected chi connectivity index (χ4v) is 3.78. The lowest BCUT2D eigenvalue weighted by molar-refractivity contribution is -0.137. The van der Waals surface area contributed by atoms with Crippen molar-refractivity contribution in [2.24, 2.45) is 10.5 Å². The molecule has 1 saturated carbocycles. The molecule has 4 rings (SSSR count). The first-order chi connectivity index (χ1) is 11.0. The molecule has 1 aliphatic carbocycles. The number of nitrogens with one attached hydrogen (secondary N) is 1. The summed E-state index contributed by atoms with van der Waals surface area (Å²) in [6.45, 7) is 7.83. The Hall–Kier alpha value is -1.56. The lowest BCUT2D eigenvalue weighted by Gasteiger charge is -2.41. The smallest absolute Gasteiger partial charge is 0.272 e. The quantitative estimate of drug-likeness (QED) is 0.865. The molecule has 0 spiro atoms. The molecule has 2 fully saturated rings. The highest BCUT2D eigenvalue weighted by Crippen LogP contribution is 2.49. The first kappa shape index (κ1) is 15.0. The lowest BCUT2D eigenvalue weighted by atomic mass is 10.0. The maximum Gasteiger partial charge on any atom is 0.272 e. The van der Waals surface area contributed by atoms with Crippen LogP contribution in [0, 0.1) is 5.41 Å². The lowest BCUT2D eigenvalue weighted by Crippen LogP contribution is -2.57. The van der Waals surface area contributed by atoms with Crippen LogP contribution in [-0.4, -0.2) is 47.0 Å². The number of fused-ring (bicyclic) bond motifs is 1. The van der Waals surface area contributed by atoms with Gasteiger partial charge in [0.05, 0.1) is 12.6 Å². The van der Waals surface area contributed by atoms with Crippen LogP contribution in [0.25, 0.3) is 0 Å². The number of carbonyl (C=O) groups excluding carboxylic acids is 1. The first-order valence-electron chi connectivity index (χ1n) is 8.75. The van der Waals surface area contributed by atoms with E-state index in [-0.39, 0.29) is 23.6 Å². The van der Waals surface area contributed by atoms with E-state index >= 15 is 0 Å². The van der Waals surface area contributed by atoms with Gasteiger partial charge in [-0.05, 0) is 46.0 Å². The number of carbonyl (C=O) groups is 1. The van der Waals surface area contributed by atoms with E-state index in [0.717, 1.165) is 49.5 Å². The zero-order valence-corrected chi connectivity index (χ0v) is 14.3. The molecule has 1 N–H and O–H groups in total. The molecule has 6 heteroatoms. The normalized spacial score (nSPS) is 32.7. The summed E-state index contributed by atoms with van der Waals surface area (Å²) < 4.78 is 5.83. The first-order valence-corrected chi connectivity index (χ1v) is 8.75. The minimum Gasteiger partial charge on any atom is -0.376 e. The van der Waals surface area contributed by atoms with Gasteiger partial charge >= 0.3 is 0 Å². The highest BCUT2D eigenvalue weighted by atomic mass is 16.5. The van der Waals surface area contributed by atoms with Crippen LogP contribution in [-0.2, 0) is 9.53 Å². The van der Waals surface area contributed by atoms with E-state index in [1.165, 1.54) is 6.42 Å². The van der Waals surface area contributed by atoms with Crippen molar-refractivity contribution < 1.29 is 9.53 Å². The van der Waals surface area contributed by atoms with Crippen LogP contribution >= 0.6 is 0 Å². The molecule has 23 heavy (non-hydrogen) atoms. The van der Waals surface area contributed by atoms with Crippen LogP contribution in [0.5, 0.6) is 0 Å². The number of ether oxygens (including phenoxy) is 1. The third-order valence-electron chi connectivity index (χ3n) is 5.77. The van der Waals surface area contributed by atoms with Crippen LogP contribution in [0.2, 0.25) is 0 Å². The molecule has 2 atom stereocenters. The van der Waals surface area contributed by atoms with Crippen molar-refractivity contribution in [3.63, 3.8) is 0 Å². The monoisotopic (exact) mass is 318 g/mol. The fourth-order valence-electron chi connectivity index (χ4n) is 3.78. The molecule has 0 aromatic carbocycles. The van der Waals surface area contributed by atoms with E-state index in [9.17, 15) is 4.79 Å². The molecule has 1 unspecified atom stereocenters. The summed E-state index contributed by atoms with van der Waals surface area (Å²) in [5.74, 6) is 1.12. The number of hydrazone groups is 1. The second-order valence-electron chi connectivity index (χ2n) is 7.51. The molecule has 0 aromatic rings. The molecule has 0 bridgehead atoms. The predicted molar refractivity (Wildman–Crippen MR) is 87.2 cm³/mol. The molecule has 1 saturated heterocycles.